The summed E-state index contributed by atoms with van der Waals surface area (Å²) in [5.74, 6) is 1.95. The van der Waals surface area contributed by atoms with Crippen LogP contribution in [0.3, 0.4) is 0 Å². The van der Waals surface area contributed by atoms with E-state index in [0.717, 1.165) is 16.7 Å². The van der Waals surface area contributed by atoms with E-state index in [1.165, 1.54) is 7.11 Å². The summed E-state index contributed by atoms with van der Waals surface area (Å²) in [6.45, 7) is 9.59. The lowest BCUT2D eigenvalue weighted by Crippen LogP contribution is -2.41. The number of anilines is 1. The lowest BCUT2D eigenvalue weighted by Gasteiger charge is -2.38. The molecular formula is C31H35NO7. The standard InChI is InChI=1S/C31H35NO7/c1-6-36-25-15-12-21(16-26(25)37-7-2)30-24-19-28(39-9-4)27(38-8-3)17-22(24)18-29(33)32(30)23-13-10-20(11-14-23)31(34)35-5/h10-17,19,30H,6-9,18H2,1-5H3/t30-/m0/s1. The zero-order valence-electron chi connectivity index (χ0n) is 23.1. The number of benzene rings is 3. The number of nitrogens with zero attached hydrogens (tertiary/aromatic N) is 1. The van der Waals surface area contributed by atoms with Crippen LogP contribution in [0.1, 0.15) is 60.8 Å². The van der Waals surface area contributed by atoms with E-state index in [0.29, 0.717) is 60.7 Å². The van der Waals surface area contributed by atoms with Gasteiger partial charge in [0.05, 0.1) is 51.6 Å². The van der Waals surface area contributed by atoms with E-state index in [4.69, 9.17) is 23.7 Å². The highest BCUT2D eigenvalue weighted by Gasteiger charge is 2.36. The van der Waals surface area contributed by atoms with Crippen LogP contribution in [-0.2, 0) is 16.0 Å². The summed E-state index contributed by atoms with van der Waals surface area (Å²) in [4.78, 5) is 27.6. The Hall–Kier alpha value is -4.20. The minimum Gasteiger partial charge on any atom is -0.490 e. The Morgan fingerprint density at radius 1 is 0.769 bits per heavy atom. The van der Waals surface area contributed by atoms with Crippen LogP contribution in [0.25, 0.3) is 0 Å². The van der Waals surface area contributed by atoms with Crippen LogP contribution >= 0.6 is 0 Å². The summed E-state index contributed by atoms with van der Waals surface area (Å²) in [6.07, 6.45) is 0.187. The average Bonchev–Trinajstić information content (AvgIpc) is 2.94. The number of fused-ring (bicyclic) bond motifs is 1. The molecule has 0 unspecified atom stereocenters. The lowest BCUT2D eigenvalue weighted by atomic mass is 9.86. The largest absolute Gasteiger partial charge is 0.490 e. The predicted molar refractivity (Wildman–Crippen MR) is 148 cm³/mol. The molecule has 1 heterocycles. The first kappa shape index (κ1) is 27.8. The average molecular weight is 534 g/mol. The van der Waals surface area contributed by atoms with Gasteiger partial charge in [-0.15, -0.1) is 0 Å². The van der Waals surface area contributed by atoms with Crippen molar-refractivity contribution in [1.29, 1.82) is 0 Å². The molecule has 0 aliphatic carbocycles. The topological polar surface area (TPSA) is 83.5 Å². The highest BCUT2D eigenvalue weighted by molar-refractivity contribution is 5.99. The molecule has 0 aromatic heterocycles. The molecule has 0 bridgehead atoms. The smallest absolute Gasteiger partial charge is 0.337 e. The number of methoxy groups -OCH3 is 1. The number of carbonyl (C=O) groups is 2. The second kappa shape index (κ2) is 12.6. The quantitative estimate of drug-likeness (QED) is 0.290. The van der Waals surface area contributed by atoms with E-state index in [9.17, 15) is 9.59 Å². The van der Waals surface area contributed by atoms with Gasteiger partial charge in [0, 0.05) is 5.69 Å². The van der Waals surface area contributed by atoms with Crippen molar-refractivity contribution in [3.05, 3.63) is 76.9 Å². The first-order chi connectivity index (χ1) is 18.9. The van der Waals surface area contributed by atoms with Crippen LogP contribution in [0.5, 0.6) is 23.0 Å². The molecule has 1 aliphatic rings. The number of hydrogen-bond acceptors (Lipinski definition) is 7. The number of carbonyl (C=O) groups excluding carboxylic acids is 2. The second-order valence-corrected chi connectivity index (χ2v) is 8.82. The molecule has 0 radical (unpaired) electrons. The van der Waals surface area contributed by atoms with Gasteiger partial charge in [-0.05, 0) is 92.9 Å². The van der Waals surface area contributed by atoms with Gasteiger partial charge in [0.25, 0.3) is 0 Å². The summed E-state index contributed by atoms with van der Waals surface area (Å²) in [6, 6.07) is 16.0. The Bertz CT molecular complexity index is 1320. The summed E-state index contributed by atoms with van der Waals surface area (Å²) < 4.78 is 28.4. The fraction of sp³-hybridized carbons (Fsp3) is 0.355. The Balaban J connectivity index is 1.91. The van der Waals surface area contributed by atoms with Crippen molar-refractivity contribution in [2.24, 2.45) is 0 Å². The monoisotopic (exact) mass is 533 g/mol. The highest BCUT2D eigenvalue weighted by Crippen LogP contribution is 2.45. The van der Waals surface area contributed by atoms with Gasteiger partial charge < -0.3 is 28.6 Å². The van der Waals surface area contributed by atoms with E-state index in [2.05, 4.69) is 0 Å². The number of hydrogen-bond donors (Lipinski definition) is 0. The molecule has 4 rings (SSSR count). The van der Waals surface area contributed by atoms with Gasteiger partial charge in [0.1, 0.15) is 0 Å². The van der Waals surface area contributed by atoms with Crippen molar-refractivity contribution in [2.75, 3.05) is 38.4 Å². The van der Waals surface area contributed by atoms with Gasteiger partial charge in [0.15, 0.2) is 23.0 Å². The molecular weight excluding hydrogens is 498 g/mol. The van der Waals surface area contributed by atoms with Crippen molar-refractivity contribution in [2.45, 2.75) is 40.2 Å². The maximum Gasteiger partial charge on any atom is 0.337 e. The van der Waals surface area contributed by atoms with Crippen LogP contribution in [0, 0.1) is 0 Å². The van der Waals surface area contributed by atoms with Gasteiger partial charge in [-0.2, -0.15) is 0 Å². The van der Waals surface area contributed by atoms with Crippen molar-refractivity contribution in [3.63, 3.8) is 0 Å². The molecule has 0 saturated heterocycles. The molecule has 1 aliphatic heterocycles. The number of rotatable bonds is 11. The lowest BCUT2D eigenvalue weighted by molar-refractivity contribution is -0.118. The molecule has 8 nitrogen and oxygen atoms in total. The molecule has 0 N–H and O–H groups in total. The fourth-order valence-electron chi connectivity index (χ4n) is 4.83. The Morgan fingerprint density at radius 3 is 1.92 bits per heavy atom. The van der Waals surface area contributed by atoms with Gasteiger partial charge in [-0.25, -0.2) is 4.79 Å². The van der Waals surface area contributed by atoms with Crippen molar-refractivity contribution in [1.82, 2.24) is 0 Å². The number of amides is 1. The summed E-state index contributed by atoms with van der Waals surface area (Å²) in [5, 5.41) is 0. The molecule has 0 saturated carbocycles. The van der Waals surface area contributed by atoms with E-state index >= 15 is 0 Å². The summed E-state index contributed by atoms with van der Waals surface area (Å²) in [7, 11) is 1.34. The molecule has 206 valence electrons. The summed E-state index contributed by atoms with van der Waals surface area (Å²) in [5.41, 5.74) is 3.69. The van der Waals surface area contributed by atoms with E-state index in [-0.39, 0.29) is 12.3 Å². The molecule has 1 atom stereocenters. The van der Waals surface area contributed by atoms with Crippen LogP contribution in [0.15, 0.2) is 54.6 Å². The zero-order valence-corrected chi connectivity index (χ0v) is 23.1. The third-order valence-electron chi connectivity index (χ3n) is 6.42. The Morgan fingerprint density at radius 2 is 1.33 bits per heavy atom. The molecule has 1 amide bonds. The van der Waals surface area contributed by atoms with Crippen molar-refractivity contribution >= 4 is 17.6 Å². The molecule has 39 heavy (non-hydrogen) atoms. The van der Waals surface area contributed by atoms with E-state index in [1.807, 2.05) is 58.0 Å². The SMILES string of the molecule is CCOc1ccc([C@H]2c3cc(OCC)c(OCC)cc3CC(=O)N2c2ccc(C(=O)OC)cc2)cc1OCC. The van der Waals surface area contributed by atoms with Gasteiger partial charge >= 0.3 is 5.97 Å². The zero-order chi connectivity index (χ0) is 27.9. The maximum atomic E-state index is 13.8. The first-order valence-electron chi connectivity index (χ1n) is 13.3. The van der Waals surface area contributed by atoms with E-state index < -0.39 is 12.0 Å². The first-order valence-corrected chi connectivity index (χ1v) is 13.3. The van der Waals surface area contributed by atoms with Crippen LogP contribution in [0.2, 0.25) is 0 Å². The van der Waals surface area contributed by atoms with Gasteiger partial charge in [0.2, 0.25) is 5.91 Å². The molecule has 8 heteroatoms. The van der Waals surface area contributed by atoms with Crippen LogP contribution in [0.4, 0.5) is 5.69 Å². The minimum atomic E-state index is -0.491. The van der Waals surface area contributed by atoms with Gasteiger partial charge in [-0.3, -0.25) is 4.79 Å². The minimum absolute atomic E-state index is 0.0863. The Labute approximate surface area is 229 Å². The molecule has 0 fully saturated rings. The Kier molecular flexibility index (Phi) is 8.96. The molecule has 3 aromatic rings. The highest BCUT2D eigenvalue weighted by atomic mass is 16.5. The number of esters is 1. The second-order valence-electron chi connectivity index (χ2n) is 8.82. The third kappa shape index (κ3) is 5.79. The fourth-order valence-corrected chi connectivity index (χ4v) is 4.83. The van der Waals surface area contributed by atoms with Crippen molar-refractivity contribution < 1.29 is 33.3 Å². The van der Waals surface area contributed by atoms with Crippen molar-refractivity contribution in [3.8, 4) is 23.0 Å². The van der Waals surface area contributed by atoms with Crippen LogP contribution < -0.4 is 23.8 Å². The number of ether oxygens (including phenoxy) is 5. The van der Waals surface area contributed by atoms with Gasteiger partial charge in [-0.1, -0.05) is 6.07 Å². The maximum absolute atomic E-state index is 13.8. The normalized spacial score (nSPS) is 14.4. The molecule has 0 spiro atoms. The third-order valence-corrected chi connectivity index (χ3v) is 6.42. The van der Waals surface area contributed by atoms with E-state index in [1.54, 1.807) is 29.2 Å². The predicted octanol–water partition coefficient (Wildman–Crippen LogP) is 5.75. The summed E-state index contributed by atoms with van der Waals surface area (Å²) >= 11 is 0. The molecule has 3 aromatic carbocycles. The van der Waals surface area contributed by atoms with Crippen LogP contribution in [-0.4, -0.2) is 45.4 Å².